The van der Waals surface area contributed by atoms with Gasteiger partial charge in [0.1, 0.15) is 0 Å². The molecule has 0 aromatic rings. The van der Waals surface area contributed by atoms with Crippen LogP contribution in [0.2, 0.25) is 0 Å². The van der Waals surface area contributed by atoms with E-state index in [-0.39, 0.29) is 0 Å². The summed E-state index contributed by atoms with van der Waals surface area (Å²) in [6.07, 6.45) is 2.96. The van der Waals surface area contributed by atoms with E-state index in [1.54, 1.807) is 0 Å². The van der Waals surface area contributed by atoms with Crippen LogP contribution < -0.4 is 0 Å². The van der Waals surface area contributed by atoms with Crippen molar-refractivity contribution in [2.75, 3.05) is 6.61 Å². The molecule has 0 aliphatic heterocycles. The molecule has 0 aromatic carbocycles. The first-order chi connectivity index (χ1) is 3.41. The third-order valence-corrected chi connectivity index (χ3v) is 0.555. The molecule has 0 aliphatic rings. The van der Waals surface area contributed by atoms with E-state index in [1.807, 2.05) is 0 Å². The van der Waals surface area contributed by atoms with Gasteiger partial charge in [-0.3, -0.25) is 0 Å². The van der Waals surface area contributed by atoms with Crippen molar-refractivity contribution in [1.29, 1.82) is 0 Å². The third kappa shape index (κ3) is 5.54. The van der Waals surface area contributed by atoms with E-state index in [0.29, 0.717) is 6.61 Å². The van der Waals surface area contributed by atoms with Crippen molar-refractivity contribution >= 4 is 0 Å². The normalized spacial score (nSPS) is 7.43. The first-order valence-corrected chi connectivity index (χ1v) is 2.20. The summed E-state index contributed by atoms with van der Waals surface area (Å²) in [7, 11) is 0. The standard InChI is InChI=1S/C5H8O2/c1-2-3-4-7-5-6/h1-4H2. The van der Waals surface area contributed by atoms with Crippen LogP contribution in [-0.2, 0) is 9.39 Å². The second-order valence-corrected chi connectivity index (χ2v) is 1.14. The van der Waals surface area contributed by atoms with Crippen LogP contribution in [0.5, 0.6) is 0 Å². The zero-order chi connectivity index (χ0) is 5.54. The number of unbranched alkanes of at least 4 members (excludes halogenated alkanes) is 1. The van der Waals surface area contributed by atoms with Crippen molar-refractivity contribution in [2.24, 2.45) is 0 Å². The van der Waals surface area contributed by atoms with Gasteiger partial charge in [-0.2, -0.15) is 0 Å². The molecule has 0 spiro atoms. The van der Waals surface area contributed by atoms with Gasteiger partial charge in [-0.15, -0.1) is 0 Å². The molecule has 0 fully saturated rings. The van der Waals surface area contributed by atoms with Crippen LogP contribution in [0, 0.1) is 13.3 Å². The molecule has 0 atom stereocenters. The second-order valence-electron chi connectivity index (χ2n) is 1.14. The Balaban J connectivity index is 2.60. The molecule has 0 amide bonds. The molecule has 0 aromatic heterocycles. The summed E-state index contributed by atoms with van der Waals surface area (Å²) in [5.74, 6) is 0. The first-order valence-electron chi connectivity index (χ1n) is 2.20. The summed E-state index contributed by atoms with van der Waals surface area (Å²) in [6.45, 7) is 4.00. The van der Waals surface area contributed by atoms with E-state index < -0.39 is 0 Å². The van der Waals surface area contributed by atoms with E-state index in [1.165, 1.54) is 6.33 Å². The summed E-state index contributed by atoms with van der Waals surface area (Å²) >= 11 is 0. The number of rotatable bonds is 3. The van der Waals surface area contributed by atoms with Crippen LogP contribution in [0.3, 0.4) is 0 Å². The van der Waals surface area contributed by atoms with Crippen LogP contribution in [0.25, 0.3) is 0 Å². The van der Waals surface area contributed by atoms with Gasteiger partial charge < -0.3 is 0 Å². The topological polar surface area (TPSA) is 29.1 Å². The van der Waals surface area contributed by atoms with E-state index in [0.717, 1.165) is 12.8 Å². The average molecular weight is 100 g/mol. The molecule has 0 rings (SSSR count). The van der Waals surface area contributed by atoms with Crippen molar-refractivity contribution in [3.63, 3.8) is 0 Å². The second kappa shape index (κ2) is 5.54. The van der Waals surface area contributed by atoms with Gasteiger partial charge in [0, 0.05) is 0 Å². The van der Waals surface area contributed by atoms with Crippen LogP contribution in [0.4, 0.5) is 0 Å². The summed E-state index contributed by atoms with van der Waals surface area (Å²) in [5, 5.41) is 0. The Bertz CT molecular complexity index is 63.0. The Kier molecular flexibility index (Phi) is 5.18. The zero-order valence-electron chi connectivity index (χ0n) is 4.14. The molecule has 7 heavy (non-hydrogen) atoms. The van der Waals surface area contributed by atoms with Crippen molar-refractivity contribution in [1.82, 2.24) is 0 Å². The fourth-order valence-electron chi connectivity index (χ4n) is 0.216. The van der Waals surface area contributed by atoms with Crippen molar-refractivity contribution < 1.29 is 9.39 Å². The molecule has 0 saturated heterocycles. The summed E-state index contributed by atoms with van der Waals surface area (Å²) in [4.78, 5) is 0. The van der Waals surface area contributed by atoms with Gasteiger partial charge >= 0.3 is 42.1 Å². The zero-order valence-corrected chi connectivity index (χ0v) is 4.14. The van der Waals surface area contributed by atoms with E-state index >= 15 is 0 Å². The molecule has 0 bridgehead atoms. The Labute approximate surface area is 43.2 Å². The van der Waals surface area contributed by atoms with Crippen LogP contribution in [0.1, 0.15) is 12.8 Å². The third-order valence-electron chi connectivity index (χ3n) is 0.555. The van der Waals surface area contributed by atoms with E-state index in [9.17, 15) is 4.65 Å². The molecule has 2 heteroatoms. The Morgan fingerprint density at radius 2 is 2.43 bits per heavy atom. The molecule has 0 unspecified atom stereocenters. The predicted octanol–water partition coefficient (Wildman–Crippen LogP) is 0.964. The SMILES string of the molecule is [CH2-]CCCOC#[O+]. The van der Waals surface area contributed by atoms with Gasteiger partial charge in [0.2, 0.25) is 0 Å². The predicted molar refractivity (Wildman–Crippen MR) is 25.1 cm³/mol. The van der Waals surface area contributed by atoms with Gasteiger partial charge in [0.05, 0.1) is 0 Å². The molecule has 0 radical (unpaired) electrons. The minimum absolute atomic E-state index is 0.451. The van der Waals surface area contributed by atoms with Gasteiger partial charge in [0.15, 0.2) is 0 Å². The molecule has 0 heterocycles. The fourth-order valence-corrected chi connectivity index (χ4v) is 0.216. The van der Waals surface area contributed by atoms with Crippen molar-refractivity contribution in [3.05, 3.63) is 6.92 Å². The summed E-state index contributed by atoms with van der Waals surface area (Å²) in [5.41, 5.74) is 0. The van der Waals surface area contributed by atoms with Crippen LogP contribution in [-0.4, -0.2) is 6.61 Å². The fraction of sp³-hybridized carbons (Fsp3) is 0.600. The molecule has 0 saturated carbocycles. The molecule has 0 N–H and O–H groups in total. The number of hydrogen-bond donors (Lipinski definition) is 0. The van der Waals surface area contributed by atoms with E-state index in [2.05, 4.69) is 11.7 Å². The quantitative estimate of drug-likeness (QED) is 0.295. The van der Waals surface area contributed by atoms with Crippen LogP contribution in [0.15, 0.2) is 0 Å². The van der Waals surface area contributed by atoms with E-state index in [4.69, 9.17) is 0 Å². The Morgan fingerprint density at radius 1 is 1.71 bits per heavy atom. The Morgan fingerprint density at radius 3 is 2.86 bits per heavy atom. The summed E-state index contributed by atoms with van der Waals surface area (Å²) in [6, 6.07) is 0. The maximum atomic E-state index is 9.31. The monoisotopic (exact) mass is 100 g/mol. The minimum atomic E-state index is 0.451. The van der Waals surface area contributed by atoms with Gasteiger partial charge in [-0.05, 0) is 0 Å². The molecule has 0 aliphatic carbocycles. The maximum absolute atomic E-state index is 9.31. The molecular formula is C5H8O2. The average Bonchev–Trinajstić information content (AvgIpc) is 1.69. The molecular weight excluding hydrogens is 92.1 g/mol. The molecule has 40 valence electrons. The van der Waals surface area contributed by atoms with Gasteiger partial charge in [-0.1, -0.05) is 0 Å². The van der Waals surface area contributed by atoms with Gasteiger partial charge in [0.25, 0.3) is 0 Å². The number of hydrogen-bond acceptors (Lipinski definition) is 1. The number of ether oxygens (including phenoxy) is 1. The van der Waals surface area contributed by atoms with Crippen molar-refractivity contribution in [3.8, 4) is 6.33 Å². The Hall–Kier alpha value is -0.460. The summed E-state index contributed by atoms with van der Waals surface area (Å²) < 4.78 is 13.5. The van der Waals surface area contributed by atoms with Crippen molar-refractivity contribution in [2.45, 2.75) is 12.8 Å². The first kappa shape index (κ1) is 6.54. The molecule has 2 nitrogen and oxygen atoms in total. The van der Waals surface area contributed by atoms with Crippen LogP contribution >= 0.6 is 0 Å². The van der Waals surface area contributed by atoms with Gasteiger partial charge in [-0.25, -0.2) is 0 Å².